The van der Waals surface area contributed by atoms with Crippen LogP contribution in [-0.4, -0.2) is 23.6 Å². The lowest BCUT2D eigenvalue weighted by Crippen LogP contribution is -2.13. The summed E-state index contributed by atoms with van der Waals surface area (Å²) in [5.74, 6) is 0.521. The van der Waals surface area contributed by atoms with Crippen LogP contribution in [0.3, 0.4) is 0 Å². The van der Waals surface area contributed by atoms with Crippen molar-refractivity contribution in [2.24, 2.45) is 0 Å². The number of nitrogens with one attached hydrogen (secondary N) is 2. The number of anilines is 2. The van der Waals surface area contributed by atoms with E-state index in [1.807, 2.05) is 0 Å². The highest BCUT2D eigenvalue weighted by atomic mass is 32.2. The summed E-state index contributed by atoms with van der Waals surface area (Å²) >= 11 is 0. The van der Waals surface area contributed by atoms with E-state index in [0.29, 0.717) is 17.0 Å². The predicted molar refractivity (Wildman–Crippen MR) is 75.7 cm³/mol. The molecule has 0 radical (unpaired) electrons. The van der Waals surface area contributed by atoms with Gasteiger partial charge < -0.3 is 10.2 Å². The fourth-order valence-corrected chi connectivity index (χ4v) is 2.88. The van der Waals surface area contributed by atoms with Gasteiger partial charge in [0.2, 0.25) is 0 Å². The van der Waals surface area contributed by atoms with Gasteiger partial charge in [-0.1, -0.05) is 12.1 Å². The lowest BCUT2D eigenvalue weighted by Gasteiger charge is -2.07. The number of aromatic nitrogens is 3. The van der Waals surface area contributed by atoms with Gasteiger partial charge in [-0.15, -0.1) is 0 Å². The van der Waals surface area contributed by atoms with Crippen LogP contribution in [0.15, 0.2) is 52.4 Å². The first-order valence-corrected chi connectivity index (χ1v) is 7.35. The molecule has 3 rings (SSSR count). The Labute approximate surface area is 120 Å². The third kappa shape index (κ3) is 2.58. The Morgan fingerprint density at radius 2 is 2.14 bits per heavy atom. The molecular formula is C12H11N5O3S. The number of oxazole rings is 1. The zero-order valence-electron chi connectivity index (χ0n) is 10.6. The molecule has 8 nitrogen and oxygen atoms in total. The molecule has 1 aromatic carbocycles. The minimum atomic E-state index is -3.80. The number of hydrogen-bond donors (Lipinski definition) is 3. The summed E-state index contributed by atoms with van der Waals surface area (Å²) in [4.78, 5) is 3.72. The minimum Gasteiger partial charge on any atom is -0.444 e. The SMILES string of the molecule is Nc1[nH]ncc1S(=O)(=O)Nc1cccc(-c2cnco2)c1. The Hall–Kier alpha value is -2.81. The largest absolute Gasteiger partial charge is 0.444 e. The Bertz CT molecular complexity index is 855. The molecule has 0 spiro atoms. The summed E-state index contributed by atoms with van der Waals surface area (Å²) in [6, 6.07) is 6.74. The van der Waals surface area contributed by atoms with Crippen LogP contribution in [0, 0.1) is 0 Å². The summed E-state index contributed by atoms with van der Waals surface area (Å²) in [5.41, 5.74) is 6.61. The average molecular weight is 305 g/mol. The second-order valence-electron chi connectivity index (χ2n) is 4.20. The molecule has 108 valence electrons. The van der Waals surface area contributed by atoms with E-state index >= 15 is 0 Å². The monoisotopic (exact) mass is 305 g/mol. The summed E-state index contributed by atoms with van der Waals surface area (Å²) < 4.78 is 32.0. The highest BCUT2D eigenvalue weighted by Gasteiger charge is 2.19. The molecular weight excluding hydrogens is 294 g/mol. The second-order valence-corrected chi connectivity index (χ2v) is 5.85. The smallest absolute Gasteiger partial charge is 0.267 e. The van der Waals surface area contributed by atoms with Crippen molar-refractivity contribution in [2.75, 3.05) is 10.5 Å². The second kappa shape index (κ2) is 4.94. The van der Waals surface area contributed by atoms with Crippen molar-refractivity contribution in [1.29, 1.82) is 0 Å². The van der Waals surface area contributed by atoms with Gasteiger partial charge in [0.25, 0.3) is 10.0 Å². The molecule has 3 aromatic rings. The van der Waals surface area contributed by atoms with Gasteiger partial charge in [-0.2, -0.15) is 5.10 Å². The zero-order chi connectivity index (χ0) is 14.9. The molecule has 0 bridgehead atoms. The number of nitrogen functional groups attached to an aromatic ring is 1. The molecule has 0 aliphatic rings. The number of hydrogen-bond acceptors (Lipinski definition) is 6. The lowest BCUT2D eigenvalue weighted by atomic mass is 10.2. The van der Waals surface area contributed by atoms with Crippen LogP contribution in [-0.2, 0) is 10.0 Å². The number of H-pyrrole nitrogens is 1. The van der Waals surface area contributed by atoms with Gasteiger partial charge >= 0.3 is 0 Å². The van der Waals surface area contributed by atoms with E-state index in [1.54, 1.807) is 30.5 Å². The molecule has 0 atom stereocenters. The van der Waals surface area contributed by atoms with Crippen molar-refractivity contribution in [3.63, 3.8) is 0 Å². The molecule has 0 aliphatic carbocycles. The standard InChI is InChI=1S/C12H11N5O3S/c13-12-11(6-15-16-12)21(18,19)17-9-3-1-2-8(4-9)10-5-14-7-20-10/h1-7,17H,(H3,13,15,16). The van der Waals surface area contributed by atoms with Crippen molar-refractivity contribution in [3.8, 4) is 11.3 Å². The first kappa shape index (κ1) is 13.2. The highest BCUT2D eigenvalue weighted by molar-refractivity contribution is 7.92. The fraction of sp³-hybridized carbons (Fsp3) is 0. The highest BCUT2D eigenvalue weighted by Crippen LogP contribution is 2.24. The molecule has 2 heterocycles. The molecule has 9 heteroatoms. The van der Waals surface area contributed by atoms with E-state index in [-0.39, 0.29) is 10.7 Å². The van der Waals surface area contributed by atoms with Crippen LogP contribution >= 0.6 is 0 Å². The Kier molecular flexibility index (Phi) is 3.10. The van der Waals surface area contributed by atoms with Gasteiger partial charge in [-0.05, 0) is 12.1 Å². The lowest BCUT2D eigenvalue weighted by molar-refractivity contribution is 0.572. The Balaban J connectivity index is 1.92. The van der Waals surface area contributed by atoms with Gasteiger partial charge in [0, 0.05) is 11.3 Å². The predicted octanol–water partition coefficient (Wildman–Crippen LogP) is 1.45. The van der Waals surface area contributed by atoms with Gasteiger partial charge in [-0.3, -0.25) is 9.82 Å². The number of aromatic amines is 1. The zero-order valence-corrected chi connectivity index (χ0v) is 11.5. The number of rotatable bonds is 4. The van der Waals surface area contributed by atoms with Gasteiger partial charge in [-0.25, -0.2) is 13.4 Å². The van der Waals surface area contributed by atoms with E-state index in [4.69, 9.17) is 10.2 Å². The van der Waals surface area contributed by atoms with E-state index < -0.39 is 10.0 Å². The van der Waals surface area contributed by atoms with Crippen LogP contribution < -0.4 is 10.5 Å². The average Bonchev–Trinajstić information content (AvgIpc) is 3.09. The minimum absolute atomic E-state index is 0.0195. The van der Waals surface area contributed by atoms with Gasteiger partial charge in [0.05, 0.1) is 12.4 Å². The van der Waals surface area contributed by atoms with Crippen molar-refractivity contribution in [1.82, 2.24) is 15.2 Å². The Morgan fingerprint density at radius 1 is 1.29 bits per heavy atom. The molecule has 0 aliphatic heterocycles. The van der Waals surface area contributed by atoms with E-state index in [9.17, 15) is 8.42 Å². The van der Waals surface area contributed by atoms with Crippen LogP contribution in [0.25, 0.3) is 11.3 Å². The summed E-state index contributed by atoms with van der Waals surface area (Å²) in [6.07, 6.45) is 4.00. The number of nitrogens with zero attached hydrogens (tertiary/aromatic N) is 2. The normalized spacial score (nSPS) is 11.4. The maximum Gasteiger partial charge on any atom is 0.267 e. The van der Waals surface area contributed by atoms with Crippen molar-refractivity contribution >= 4 is 21.5 Å². The van der Waals surface area contributed by atoms with Crippen LogP contribution in [0.2, 0.25) is 0 Å². The quantitative estimate of drug-likeness (QED) is 0.669. The molecule has 0 unspecified atom stereocenters. The van der Waals surface area contributed by atoms with E-state index in [1.165, 1.54) is 6.39 Å². The summed E-state index contributed by atoms with van der Waals surface area (Å²) in [6.45, 7) is 0. The van der Waals surface area contributed by atoms with Crippen molar-refractivity contribution < 1.29 is 12.8 Å². The van der Waals surface area contributed by atoms with E-state index in [2.05, 4.69) is 19.9 Å². The molecule has 2 aromatic heterocycles. The van der Waals surface area contributed by atoms with Crippen molar-refractivity contribution in [2.45, 2.75) is 4.90 Å². The number of benzene rings is 1. The van der Waals surface area contributed by atoms with Crippen molar-refractivity contribution in [3.05, 3.63) is 43.1 Å². The molecule has 0 amide bonds. The third-order valence-corrected chi connectivity index (χ3v) is 4.16. The topological polar surface area (TPSA) is 127 Å². The molecule has 0 fully saturated rings. The molecule has 0 saturated heterocycles. The van der Waals surface area contributed by atoms with Gasteiger partial charge in [0.1, 0.15) is 10.7 Å². The number of nitrogens with two attached hydrogens (primary N) is 1. The molecule has 4 N–H and O–H groups in total. The molecule has 21 heavy (non-hydrogen) atoms. The van der Waals surface area contributed by atoms with Crippen LogP contribution in [0.5, 0.6) is 0 Å². The third-order valence-electron chi connectivity index (χ3n) is 2.75. The maximum atomic E-state index is 12.2. The van der Waals surface area contributed by atoms with E-state index in [0.717, 1.165) is 6.20 Å². The first-order chi connectivity index (χ1) is 10.1. The summed E-state index contributed by atoms with van der Waals surface area (Å²) in [5, 5.41) is 5.98. The summed E-state index contributed by atoms with van der Waals surface area (Å²) in [7, 11) is -3.80. The first-order valence-electron chi connectivity index (χ1n) is 5.87. The fourth-order valence-electron chi connectivity index (χ4n) is 1.80. The Morgan fingerprint density at radius 3 is 2.81 bits per heavy atom. The van der Waals surface area contributed by atoms with Crippen LogP contribution in [0.4, 0.5) is 11.5 Å². The molecule has 0 saturated carbocycles. The van der Waals surface area contributed by atoms with Gasteiger partial charge in [0.15, 0.2) is 12.2 Å². The van der Waals surface area contributed by atoms with Crippen LogP contribution in [0.1, 0.15) is 0 Å². The maximum absolute atomic E-state index is 12.2. The number of sulfonamides is 1.